The van der Waals surface area contributed by atoms with Crippen molar-refractivity contribution in [1.82, 2.24) is 5.32 Å². The third kappa shape index (κ3) is 5.86. The van der Waals surface area contributed by atoms with Crippen LogP contribution in [0.25, 0.3) is 0 Å². The summed E-state index contributed by atoms with van der Waals surface area (Å²) in [5.74, 6) is 2.40. The Hall–Kier alpha value is -0.0800. The second kappa shape index (κ2) is 7.29. The zero-order valence-electron chi connectivity index (χ0n) is 11.2. The molecule has 2 heteroatoms. The van der Waals surface area contributed by atoms with Crippen molar-refractivity contribution in [2.75, 3.05) is 13.1 Å². The Morgan fingerprint density at radius 3 is 2.69 bits per heavy atom. The number of hydrogen-bond acceptors (Lipinski definition) is 2. The highest BCUT2D eigenvalue weighted by Crippen LogP contribution is 2.27. The molecule has 0 amide bonds. The molecule has 1 aliphatic carbocycles. The van der Waals surface area contributed by atoms with Gasteiger partial charge < -0.3 is 10.4 Å². The quantitative estimate of drug-likeness (QED) is 0.731. The predicted molar refractivity (Wildman–Crippen MR) is 69.5 cm³/mol. The first-order chi connectivity index (χ1) is 7.58. The van der Waals surface area contributed by atoms with Crippen LogP contribution < -0.4 is 5.32 Å². The molecule has 0 unspecified atom stereocenters. The second-order valence-corrected chi connectivity index (χ2v) is 5.99. The van der Waals surface area contributed by atoms with Crippen LogP contribution in [0.3, 0.4) is 0 Å². The van der Waals surface area contributed by atoms with Gasteiger partial charge in [0.25, 0.3) is 0 Å². The summed E-state index contributed by atoms with van der Waals surface area (Å²) in [5, 5.41) is 12.8. The molecule has 16 heavy (non-hydrogen) atoms. The van der Waals surface area contributed by atoms with Gasteiger partial charge in [-0.05, 0) is 57.0 Å². The van der Waals surface area contributed by atoms with Crippen molar-refractivity contribution in [3.8, 4) is 0 Å². The maximum Gasteiger partial charge on any atom is 0.0515 e. The van der Waals surface area contributed by atoms with Gasteiger partial charge >= 0.3 is 0 Å². The lowest BCUT2D eigenvalue weighted by Gasteiger charge is -2.27. The molecule has 2 nitrogen and oxygen atoms in total. The number of nitrogens with one attached hydrogen (secondary N) is 1. The van der Waals surface area contributed by atoms with E-state index in [0.29, 0.717) is 5.92 Å². The molecular formula is C14H29NO. The van der Waals surface area contributed by atoms with E-state index in [-0.39, 0.29) is 6.10 Å². The lowest BCUT2D eigenvalue weighted by atomic mass is 9.82. The van der Waals surface area contributed by atoms with Crippen molar-refractivity contribution in [1.29, 1.82) is 0 Å². The smallest absolute Gasteiger partial charge is 0.0515 e. The molecule has 0 aromatic rings. The summed E-state index contributed by atoms with van der Waals surface area (Å²) in [4.78, 5) is 0. The fourth-order valence-electron chi connectivity index (χ4n) is 2.94. The van der Waals surface area contributed by atoms with E-state index in [1.54, 1.807) is 0 Å². The van der Waals surface area contributed by atoms with Crippen molar-refractivity contribution < 1.29 is 5.11 Å². The Labute approximate surface area is 101 Å². The van der Waals surface area contributed by atoms with Crippen LogP contribution >= 0.6 is 0 Å². The first-order valence-electron chi connectivity index (χ1n) is 6.96. The van der Waals surface area contributed by atoms with Crippen LogP contribution in [0.15, 0.2) is 0 Å². The molecular weight excluding hydrogens is 198 g/mol. The lowest BCUT2D eigenvalue weighted by molar-refractivity contribution is 0.162. The van der Waals surface area contributed by atoms with Crippen LogP contribution in [0.5, 0.6) is 0 Å². The van der Waals surface area contributed by atoms with Gasteiger partial charge in [0.15, 0.2) is 0 Å². The van der Waals surface area contributed by atoms with Crippen LogP contribution in [0.4, 0.5) is 0 Å². The largest absolute Gasteiger partial charge is 0.393 e. The Bertz CT molecular complexity index is 182. The average Bonchev–Trinajstić information content (AvgIpc) is 2.16. The van der Waals surface area contributed by atoms with Crippen LogP contribution in [-0.4, -0.2) is 24.3 Å². The Kier molecular flexibility index (Phi) is 6.37. The molecule has 0 aromatic carbocycles. The fraction of sp³-hybridized carbons (Fsp3) is 1.00. The summed E-state index contributed by atoms with van der Waals surface area (Å²) in [7, 11) is 0. The van der Waals surface area contributed by atoms with E-state index in [1.807, 2.05) is 6.92 Å². The molecule has 0 heterocycles. The minimum Gasteiger partial charge on any atom is -0.393 e. The predicted octanol–water partition coefficient (Wildman–Crippen LogP) is 2.81. The third-order valence-electron chi connectivity index (χ3n) is 3.71. The Morgan fingerprint density at radius 1 is 1.31 bits per heavy atom. The molecule has 1 rings (SSSR count). The zero-order chi connectivity index (χ0) is 12.0. The molecule has 96 valence electrons. The normalized spacial score (nSPS) is 30.0. The van der Waals surface area contributed by atoms with Gasteiger partial charge in [-0.15, -0.1) is 0 Å². The second-order valence-electron chi connectivity index (χ2n) is 5.99. The summed E-state index contributed by atoms with van der Waals surface area (Å²) in [6.07, 6.45) is 6.39. The molecule has 0 spiro atoms. The Morgan fingerprint density at radius 2 is 2.06 bits per heavy atom. The van der Waals surface area contributed by atoms with Crippen molar-refractivity contribution in [3.05, 3.63) is 0 Å². The number of rotatable bonds is 6. The van der Waals surface area contributed by atoms with Gasteiger partial charge in [0.1, 0.15) is 0 Å². The molecule has 1 fully saturated rings. The zero-order valence-corrected chi connectivity index (χ0v) is 11.2. The number of aliphatic hydroxyl groups is 1. The summed E-state index contributed by atoms with van der Waals surface area (Å²) in [6.45, 7) is 8.69. The monoisotopic (exact) mass is 227 g/mol. The highest BCUT2D eigenvalue weighted by atomic mass is 16.3. The first-order valence-corrected chi connectivity index (χ1v) is 6.96. The molecule has 1 saturated carbocycles. The SMILES string of the molecule is C[C@@H]1CCC[C@H](CNC[C@@H](C)C[C@H](C)O)C1. The molecule has 0 aromatic heterocycles. The average molecular weight is 227 g/mol. The molecule has 4 atom stereocenters. The molecule has 0 radical (unpaired) electrons. The molecule has 0 saturated heterocycles. The van der Waals surface area contributed by atoms with Crippen molar-refractivity contribution in [2.24, 2.45) is 17.8 Å². The summed E-state index contributed by atoms with van der Waals surface area (Å²) < 4.78 is 0. The van der Waals surface area contributed by atoms with Gasteiger partial charge in [0.05, 0.1) is 6.10 Å². The molecule has 0 bridgehead atoms. The first kappa shape index (κ1) is 14.0. The summed E-state index contributed by atoms with van der Waals surface area (Å²) in [5.41, 5.74) is 0. The summed E-state index contributed by atoms with van der Waals surface area (Å²) in [6, 6.07) is 0. The van der Waals surface area contributed by atoms with E-state index in [0.717, 1.165) is 24.8 Å². The lowest BCUT2D eigenvalue weighted by Crippen LogP contribution is -2.30. The van der Waals surface area contributed by atoms with Crippen LogP contribution in [-0.2, 0) is 0 Å². The van der Waals surface area contributed by atoms with Gasteiger partial charge in [-0.25, -0.2) is 0 Å². The van der Waals surface area contributed by atoms with Gasteiger partial charge in [-0.2, -0.15) is 0 Å². The third-order valence-corrected chi connectivity index (χ3v) is 3.71. The van der Waals surface area contributed by atoms with E-state index < -0.39 is 0 Å². The highest BCUT2D eigenvalue weighted by molar-refractivity contribution is 4.72. The van der Waals surface area contributed by atoms with E-state index in [4.69, 9.17) is 0 Å². The van der Waals surface area contributed by atoms with E-state index in [2.05, 4.69) is 19.2 Å². The molecule has 2 N–H and O–H groups in total. The fourth-order valence-corrected chi connectivity index (χ4v) is 2.94. The van der Waals surface area contributed by atoms with Gasteiger partial charge in [0.2, 0.25) is 0 Å². The van der Waals surface area contributed by atoms with Gasteiger partial charge in [-0.1, -0.05) is 26.7 Å². The van der Waals surface area contributed by atoms with E-state index in [9.17, 15) is 5.11 Å². The number of aliphatic hydroxyl groups excluding tert-OH is 1. The van der Waals surface area contributed by atoms with Crippen molar-refractivity contribution in [2.45, 2.75) is 59.0 Å². The van der Waals surface area contributed by atoms with Crippen LogP contribution in [0.1, 0.15) is 52.9 Å². The minimum absolute atomic E-state index is 0.161. The minimum atomic E-state index is -0.161. The highest BCUT2D eigenvalue weighted by Gasteiger charge is 2.18. The molecule has 0 aliphatic heterocycles. The summed E-state index contributed by atoms with van der Waals surface area (Å²) >= 11 is 0. The van der Waals surface area contributed by atoms with Crippen LogP contribution in [0, 0.1) is 17.8 Å². The van der Waals surface area contributed by atoms with Gasteiger partial charge in [0, 0.05) is 0 Å². The maximum absolute atomic E-state index is 9.28. The Balaban J connectivity index is 2.05. The van der Waals surface area contributed by atoms with Crippen molar-refractivity contribution in [3.63, 3.8) is 0 Å². The van der Waals surface area contributed by atoms with Gasteiger partial charge in [-0.3, -0.25) is 0 Å². The van der Waals surface area contributed by atoms with E-state index in [1.165, 1.54) is 32.2 Å². The standard InChI is InChI=1S/C14H29NO/c1-11-5-4-6-14(8-11)10-15-9-12(2)7-13(3)16/h11-16H,4-10H2,1-3H3/t11-,12+,13+,14+/m1/s1. The van der Waals surface area contributed by atoms with Crippen LogP contribution in [0.2, 0.25) is 0 Å². The topological polar surface area (TPSA) is 32.3 Å². The molecule has 1 aliphatic rings. The number of hydrogen-bond donors (Lipinski definition) is 2. The maximum atomic E-state index is 9.28. The van der Waals surface area contributed by atoms with E-state index >= 15 is 0 Å². The van der Waals surface area contributed by atoms with Crippen molar-refractivity contribution >= 4 is 0 Å².